The highest BCUT2D eigenvalue weighted by Gasteiger charge is 2.43. The molecule has 2 nitrogen and oxygen atoms in total. The van der Waals surface area contributed by atoms with E-state index in [0.29, 0.717) is 18.0 Å². The summed E-state index contributed by atoms with van der Waals surface area (Å²) in [6.07, 6.45) is 4.36. The van der Waals surface area contributed by atoms with Crippen molar-refractivity contribution in [1.82, 2.24) is 4.90 Å². The van der Waals surface area contributed by atoms with E-state index in [0.717, 1.165) is 13.0 Å². The molecule has 0 unspecified atom stereocenters. The number of likely N-dealkylation sites (tertiary alicyclic amines) is 1. The highest BCUT2D eigenvalue weighted by Crippen LogP contribution is 2.47. The lowest BCUT2D eigenvalue weighted by Gasteiger charge is -2.39. The van der Waals surface area contributed by atoms with Crippen LogP contribution in [0, 0.1) is 5.92 Å². The zero-order chi connectivity index (χ0) is 15.6. The zero-order valence-corrected chi connectivity index (χ0v) is 13.5. The minimum absolute atomic E-state index is 0.508. The van der Waals surface area contributed by atoms with Crippen LogP contribution in [0.3, 0.4) is 0 Å². The Morgan fingerprint density at radius 1 is 1.09 bits per heavy atom. The van der Waals surface area contributed by atoms with E-state index in [2.05, 4.69) is 77.5 Å². The summed E-state index contributed by atoms with van der Waals surface area (Å²) in [7, 11) is 0. The minimum atomic E-state index is 0.508. The number of anilines is 1. The van der Waals surface area contributed by atoms with Gasteiger partial charge in [0.2, 0.25) is 0 Å². The molecule has 0 aliphatic carbocycles. The summed E-state index contributed by atoms with van der Waals surface area (Å²) in [6.45, 7) is 6.17. The molecule has 0 spiro atoms. The lowest BCUT2D eigenvalue weighted by Crippen LogP contribution is -2.38. The lowest BCUT2D eigenvalue weighted by molar-refractivity contribution is 0.205. The number of para-hydroxylation sites is 1. The molecule has 0 aromatic heterocycles. The predicted molar refractivity (Wildman–Crippen MR) is 96.4 cm³/mol. The second-order valence-electron chi connectivity index (χ2n) is 6.72. The van der Waals surface area contributed by atoms with Crippen molar-refractivity contribution in [3.63, 3.8) is 0 Å². The van der Waals surface area contributed by atoms with Gasteiger partial charge in [-0.15, -0.1) is 6.58 Å². The molecule has 0 amide bonds. The monoisotopic (exact) mass is 304 g/mol. The molecule has 0 bridgehead atoms. The van der Waals surface area contributed by atoms with E-state index in [-0.39, 0.29) is 0 Å². The fraction of sp³-hybridized carbons (Fsp3) is 0.333. The van der Waals surface area contributed by atoms with Crippen molar-refractivity contribution >= 4 is 5.69 Å². The van der Waals surface area contributed by atoms with Crippen molar-refractivity contribution < 1.29 is 0 Å². The molecule has 118 valence electrons. The molecule has 0 saturated carbocycles. The van der Waals surface area contributed by atoms with Gasteiger partial charge in [0.15, 0.2) is 0 Å². The van der Waals surface area contributed by atoms with E-state index < -0.39 is 0 Å². The van der Waals surface area contributed by atoms with Crippen LogP contribution in [-0.4, -0.2) is 17.5 Å². The van der Waals surface area contributed by atoms with Crippen molar-refractivity contribution in [3.05, 3.63) is 78.4 Å². The minimum Gasteiger partial charge on any atom is -0.381 e. The first-order valence-electron chi connectivity index (χ1n) is 8.61. The standard InChI is InChI=1S/C21H24N2/c1-2-8-19-18-13-14-23(15-16-9-4-3-5-10-16)21(18)17-11-6-7-12-20(17)22-19/h2-7,9-12,18-19,21-22H,1,8,13-15H2/t18-,19-,21+/m0/s1. The van der Waals surface area contributed by atoms with Crippen LogP contribution in [0.2, 0.25) is 0 Å². The Labute approximate surface area is 138 Å². The van der Waals surface area contributed by atoms with Crippen molar-refractivity contribution in [3.8, 4) is 0 Å². The molecular weight excluding hydrogens is 280 g/mol. The van der Waals surface area contributed by atoms with Gasteiger partial charge in [0.25, 0.3) is 0 Å². The number of nitrogens with one attached hydrogen (secondary N) is 1. The number of nitrogens with zero attached hydrogens (tertiary/aromatic N) is 1. The SMILES string of the molecule is C=CC[C@@H]1Nc2ccccc2[C@@H]2[C@H]1CCN2Cc1ccccc1. The Morgan fingerprint density at radius 3 is 2.70 bits per heavy atom. The largest absolute Gasteiger partial charge is 0.381 e. The molecule has 2 aliphatic rings. The summed E-state index contributed by atoms with van der Waals surface area (Å²) in [4.78, 5) is 2.66. The highest BCUT2D eigenvalue weighted by molar-refractivity contribution is 5.56. The van der Waals surface area contributed by atoms with Crippen molar-refractivity contribution in [2.24, 2.45) is 5.92 Å². The molecule has 2 aromatic rings. The number of rotatable bonds is 4. The smallest absolute Gasteiger partial charge is 0.0420 e. The van der Waals surface area contributed by atoms with Gasteiger partial charge in [0.1, 0.15) is 0 Å². The first kappa shape index (κ1) is 14.5. The maximum atomic E-state index is 3.96. The van der Waals surface area contributed by atoms with E-state index in [1.165, 1.54) is 29.8 Å². The topological polar surface area (TPSA) is 15.3 Å². The summed E-state index contributed by atoms with van der Waals surface area (Å²) in [6, 6.07) is 20.7. The molecule has 2 heterocycles. The molecule has 2 aliphatic heterocycles. The van der Waals surface area contributed by atoms with E-state index in [4.69, 9.17) is 0 Å². The number of benzene rings is 2. The third kappa shape index (κ3) is 2.68. The average molecular weight is 304 g/mol. The van der Waals surface area contributed by atoms with Gasteiger partial charge in [-0.2, -0.15) is 0 Å². The summed E-state index contributed by atoms with van der Waals surface area (Å²) in [5.74, 6) is 0.673. The first-order chi connectivity index (χ1) is 11.4. The van der Waals surface area contributed by atoms with Crippen LogP contribution in [0.15, 0.2) is 67.3 Å². The van der Waals surface area contributed by atoms with E-state index in [9.17, 15) is 0 Å². The molecule has 2 aromatic carbocycles. The summed E-state index contributed by atoms with van der Waals surface area (Å²) < 4.78 is 0. The first-order valence-corrected chi connectivity index (χ1v) is 8.61. The van der Waals surface area contributed by atoms with E-state index in [1.807, 2.05) is 0 Å². The summed E-state index contributed by atoms with van der Waals surface area (Å²) in [5, 5.41) is 3.76. The van der Waals surface area contributed by atoms with Gasteiger partial charge in [-0.1, -0.05) is 54.6 Å². The van der Waals surface area contributed by atoms with Gasteiger partial charge in [-0.25, -0.2) is 0 Å². The molecule has 3 atom stereocenters. The number of hydrogen-bond donors (Lipinski definition) is 1. The quantitative estimate of drug-likeness (QED) is 0.829. The van der Waals surface area contributed by atoms with Crippen LogP contribution in [0.25, 0.3) is 0 Å². The van der Waals surface area contributed by atoms with Gasteiger partial charge in [-0.05, 0) is 36.6 Å². The molecule has 23 heavy (non-hydrogen) atoms. The number of hydrogen-bond acceptors (Lipinski definition) is 2. The fourth-order valence-corrected chi connectivity index (χ4v) is 4.33. The van der Waals surface area contributed by atoms with Crippen LogP contribution < -0.4 is 5.32 Å². The van der Waals surface area contributed by atoms with Crippen LogP contribution in [0.4, 0.5) is 5.69 Å². The Kier molecular flexibility index (Phi) is 3.92. The third-order valence-corrected chi connectivity index (χ3v) is 5.33. The van der Waals surface area contributed by atoms with Crippen LogP contribution in [0.5, 0.6) is 0 Å². The highest BCUT2D eigenvalue weighted by atomic mass is 15.2. The van der Waals surface area contributed by atoms with Gasteiger partial charge < -0.3 is 5.32 Å². The van der Waals surface area contributed by atoms with Crippen molar-refractivity contribution in [2.45, 2.75) is 31.5 Å². The Morgan fingerprint density at radius 2 is 1.87 bits per heavy atom. The maximum Gasteiger partial charge on any atom is 0.0420 e. The summed E-state index contributed by atoms with van der Waals surface area (Å²) >= 11 is 0. The molecular formula is C21H24N2. The van der Waals surface area contributed by atoms with Crippen LogP contribution in [0.1, 0.15) is 30.0 Å². The van der Waals surface area contributed by atoms with Crippen LogP contribution in [-0.2, 0) is 6.54 Å². The zero-order valence-electron chi connectivity index (χ0n) is 13.5. The van der Waals surface area contributed by atoms with E-state index in [1.54, 1.807) is 0 Å². The second kappa shape index (κ2) is 6.21. The van der Waals surface area contributed by atoms with Gasteiger partial charge >= 0.3 is 0 Å². The Balaban J connectivity index is 1.66. The van der Waals surface area contributed by atoms with Crippen LogP contribution >= 0.6 is 0 Å². The average Bonchev–Trinajstić information content (AvgIpc) is 3.01. The van der Waals surface area contributed by atoms with Crippen molar-refractivity contribution in [1.29, 1.82) is 0 Å². The second-order valence-corrected chi connectivity index (χ2v) is 6.72. The molecule has 4 rings (SSSR count). The van der Waals surface area contributed by atoms with E-state index >= 15 is 0 Å². The predicted octanol–water partition coefficient (Wildman–Crippen LogP) is 4.62. The summed E-state index contributed by atoms with van der Waals surface area (Å²) in [5.41, 5.74) is 4.18. The normalized spacial score (nSPS) is 26.2. The van der Waals surface area contributed by atoms with Gasteiger partial charge in [0.05, 0.1) is 0 Å². The lowest BCUT2D eigenvalue weighted by atomic mass is 9.81. The molecule has 1 saturated heterocycles. The molecule has 0 radical (unpaired) electrons. The van der Waals surface area contributed by atoms with Gasteiger partial charge in [-0.3, -0.25) is 4.90 Å². The van der Waals surface area contributed by atoms with Crippen molar-refractivity contribution in [2.75, 3.05) is 11.9 Å². The molecule has 1 N–H and O–H groups in total. The van der Waals surface area contributed by atoms with Gasteiger partial charge in [0, 0.05) is 30.2 Å². The number of fused-ring (bicyclic) bond motifs is 3. The molecule has 1 fully saturated rings. The molecule has 2 heteroatoms. The Hall–Kier alpha value is -2.06. The fourth-order valence-electron chi connectivity index (χ4n) is 4.33. The third-order valence-electron chi connectivity index (χ3n) is 5.33. The Bertz CT molecular complexity index is 679. The maximum absolute atomic E-state index is 3.96.